The van der Waals surface area contributed by atoms with E-state index in [1.807, 2.05) is 10.9 Å². The van der Waals surface area contributed by atoms with Gasteiger partial charge in [-0.1, -0.05) is 0 Å². The summed E-state index contributed by atoms with van der Waals surface area (Å²) in [6.45, 7) is 0. The second-order valence-electron chi connectivity index (χ2n) is 2.68. The summed E-state index contributed by atoms with van der Waals surface area (Å²) in [5, 5.41) is 9.40. The van der Waals surface area contributed by atoms with Crippen molar-refractivity contribution in [2.75, 3.05) is 0 Å². The van der Waals surface area contributed by atoms with E-state index in [4.69, 9.17) is 11.7 Å². The van der Waals surface area contributed by atoms with E-state index in [9.17, 15) is 14.7 Å². The topological polar surface area (TPSA) is 130 Å². The SMILES string of the molecule is NNC(=O)c1ccc(C(=O)NN)c(O)c1. The normalized spacial score (nSPS) is 9.47. The predicted molar refractivity (Wildman–Crippen MR) is 51.4 cm³/mol. The van der Waals surface area contributed by atoms with Gasteiger partial charge in [0.25, 0.3) is 11.8 Å². The molecule has 0 heterocycles. The number of phenols is 1. The first-order chi connectivity index (χ1) is 7.10. The smallest absolute Gasteiger partial charge is 0.268 e. The fraction of sp³-hybridized carbons (Fsp3) is 0. The van der Waals surface area contributed by atoms with Crippen LogP contribution in [0.1, 0.15) is 20.7 Å². The van der Waals surface area contributed by atoms with Gasteiger partial charge in [0.2, 0.25) is 0 Å². The van der Waals surface area contributed by atoms with Gasteiger partial charge in [0.05, 0.1) is 5.56 Å². The van der Waals surface area contributed by atoms with Crippen molar-refractivity contribution in [3.63, 3.8) is 0 Å². The molecule has 0 unspecified atom stereocenters. The minimum Gasteiger partial charge on any atom is -0.507 e. The van der Waals surface area contributed by atoms with Crippen LogP contribution in [0.5, 0.6) is 5.75 Å². The van der Waals surface area contributed by atoms with Crippen molar-refractivity contribution in [1.82, 2.24) is 10.9 Å². The Labute approximate surface area is 85.0 Å². The van der Waals surface area contributed by atoms with E-state index < -0.39 is 11.8 Å². The van der Waals surface area contributed by atoms with Crippen LogP contribution < -0.4 is 22.5 Å². The highest BCUT2D eigenvalue weighted by molar-refractivity contribution is 5.99. The van der Waals surface area contributed by atoms with Gasteiger partial charge in [-0.05, 0) is 18.2 Å². The molecule has 0 aliphatic heterocycles. The van der Waals surface area contributed by atoms with Crippen molar-refractivity contribution in [2.45, 2.75) is 0 Å². The second-order valence-corrected chi connectivity index (χ2v) is 2.68. The molecular weight excluding hydrogens is 200 g/mol. The van der Waals surface area contributed by atoms with E-state index >= 15 is 0 Å². The molecule has 0 bridgehead atoms. The number of nitrogens with one attached hydrogen (secondary N) is 2. The molecule has 0 saturated carbocycles. The maximum absolute atomic E-state index is 11.1. The first-order valence-electron chi connectivity index (χ1n) is 3.95. The van der Waals surface area contributed by atoms with Crippen LogP contribution in [0, 0.1) is 0 Å². The molecule has 0 atom stereocenters. The van der Waals surface area contributed by atoms with Gasteiger partial charge in [0.15, 0.2) is 0 Å². The quantitative estimate of drug-likeness (QED) is 0.233. The third kappa shape index (κ3) is 2.22. The summed E-state index contributed by atoms with van der Waals surface area (Å²) in [7, 11) is 0. The van der Waals surface area contributed by atoms with Crippen LogP contribution in [0.25, 0.3) is 0 Å². The lowest BCUT2D eigenvalue weighted by molar-refractivity contribution is 0.0939. The van der Waals surface area contributed by atoms with Crippen LogP contribution in [0.4, 0.5) is 0 Å². The minimum absolute atomic E-state index is 0.0222. The molecule has 1 aromatic carbocycles. The molecule has 0 fully saturated rings. The largest absolute Gasteiger partial charge is 0.507 e. The van der Waals surface area contributed by atoms with Crippen LogP contribution in [0.2, 0.25) is 0 Å². The van der Waals surface area contributed by atoms with E-state index in [-0.39, 0.29) is 16.9 Å². The number of rotatable bonds is 2. The van der Waals surface area contributed by atoms with Crippen molar-refractivity contribution in [1.29, 1.82) is 0 Å². The van der Waals surface area contributed by atoms with Crippen molar-refractivity contribution < 1.29 is 14.7 Å². The summed E-state index contributed by atoms with van der Waals surface area (Å²) >= 11 is 0. The van der Waals surface area contributed by atoms with Crippen LogP contribution in [-0.2, 0) is 0 Å². The maximum Gasteiger partial charge on any atom is 0.268 e. The first kappa shape index (κ1) is 11.0. The van der Waals surface area contributed by atoms with E-state index in [0.29, 0.717) is 0 Å². The van der Waals surface area contributed by atoms with Gasteiger partial charge in [0.1, 0.15) is 5.75 Å². The number of benzene rings is 1. The average Bonchev–Trinajstić information content (AvgIpc) is 2.26. The summed E-state index contributed by atoms with van der Waals surface area (Å²) in [5.41, 5.74) is 3.88. The Hall–Kier alpha value is -2.12. The maximum atomic E-state index is 11.1. The highest BCUT2D eigenvalue weighted by Gasteiger charge is 2.12. The molecule has 1 rings (SSSR count). The molecule has 7 heteroatoms. The summed E-state index contributed by atoms with van der Waals surface area (Å²) in [6, 6.07) is 3.72. The van der Waals surface area contributed by atoms with Crippen LogP contribution in [-0.4, -0.2) is 16.9 Å². The van der Waals surface area contributed by atoms with Crippen molar-refractivity contribution >= 4 is 11.8 Å². The van der Waals surface area contributed by atoms with E-state index in [1.54, 1.807) is 0 Å². The lowest BCUT2D eigenvalue weighted by Gasteiger charge is -2.04. The molecule has 1 aromatic rings. The summed E-state index contributed by atoms with van der Waals surface area (Å²) in [6.07, 6.45) is 0. The lowest BCUT2D eigenvalue weighted by Crippen LogP contribution is -2.31. The number of nitrogens with two attached hydrogens (primary N) is 2. The second kappa shape index (κ2) is 4.40. The molecule has 15 heavy (non-hydrogen) atoms. The van der Waals surface area contributed by atoms with Gasteiger partial charge in [0, 0.05) is 5.56 Å². The fourth-order valence-electron chi connectivity index (χ4n) is 1.03. The number of carbonyl (C=O) groups is 2. The molecule has 0 aliphatic carbocycles. The number of hydrazine groups is 2. The number of hydrogen-bond donors (Lipinski definition) is 5. The first-order valence-corrected chi connectivity index (χ1v) is 3.95. The van der Waals surface area contributed by atoms with Gasteiger partial charge in [-0.15, -0.1) is 0 Å². The Morgan fingerprint density at radius 1 is 1.13 bits per heavy atom. The molecule has 0 aliphatic rings. The Kier molecular flexibility index (Phi) is 3.21. The van der Waals surface area contributed by atoms with E-state index in [2.05, 4.69) is 0 Å². The van der Waals surface area contributed by atoms with E-state index in [0.717, 1.165) is 6.07 Å². The highest BCUT2D eigenvalue weighted by atomic mass is 16.3. The Morgan fingerprint density at radius 2 is 1.73 bits per heavy atom. The third-order valence-corrected chi connectivity index (χ3v) is 1.77. The molecule has 0 spiro atoms. The number of nitrogen functional groups attached to an aromatic ring is 2. The van der Waals surface area contributed by atoms with Crippen LogP contribution in [0.15, 0.2) is 18.2 Å². The number of phenolic OH excluding ortho intramolecular Hbond substituents is 1. The highest BCUT2D eigenvalue weighted by Crippen LogP contribution is 2.18. The monoisotopic (exact) mass is 210 g/mol. The molecule has 0 saturated heterocycles. The number of aromatic hydroxyl groups is 1. The predicted octanol–water partition coefficient (Wildman–Crippen LogP) is -1.40. The zero-order valence-corrected chi connectivity index (χ0v) is 7.65. The lowest BCUT2D eigenvalue weighted by atomic mass is 10.1. The summed E-state index contributed by atoms with van der Waals surface area (Å²) in [4.78, 5) is 22.1. The Morgan fingerprint density at radius 3 is 2.20 bits per heavy atom. The molecule has 7 N–H and O–H groups in total. The molecule has 2 amide bonds. The third-order valence-electron chi connectivity index (χ3n) is 1.77. The average molecular weight is 210 g/mol. The van der Waals surface area contributed by atoms with Gasteiger partial charge in [-0.3, -0.25) is 20.4 Å². The van der Waals surface area contributed by atoms with Crippen LogP contribution >= 0.6 is 0 Å². The number of carbonyl (C=O) groups excluding carboxylic acids is 2. The zero-order chi connectivity index (χ0) is 11.4. The molecule has 0 aromatic heterocycles. The Balaban J connectivity index is 3.08. The van der Waals surface area contributed by atoms with Gasteiger partial charge < -0.3 is 5.11 Å². The minimum atomic E-state index is -0.646. The van der Waals surface area contributed by atoms with Gasteiger partial charge >= 0.3 is 0 Å². The fourth-order valence-corrected chi connectivity index (χ4v) is 1.03. The summed E-state index contributed by atoms with van der Waals surface area (Å²) in [5.74, 6) is 8.23. The molecular formula is C8H10N4O3. The standard InChI is InChI=1S/C8H10N4O3/c9-11-7(14)4-1-2-5(6(13)3-4)8(15)12-10/h1-3,13H,9-10H2,(H,11,14)(H,12,15). The zero-order valence-electron chi connectivity index (χ0n) is 7.65. The van der Waals surface area contributed by atoms with Crippen LogP contribution in [0.3, 0.4) is 0 Å². The van der Waals surface area contributed by atoms with Crippen molar-refractivity contribution in [2.24, 2.45) is 11.7 Å². The number of hydrogen-bond acceptors (Lipinski definition) is 5. The van der Waals surface area contributed by atoms with Gasteiger partial charge in [-0.2, -0.15) is 0 Å². The van der Waals surface area contributed by atoms with Crippen molar-refractivity contribution in [3.8, 4) is 5.75 Å². The van der Waals surface area contributed by atoms with E-state index in [1.165, 1.54) is 12.1 Å². The summed E-state index contributed by atoms with van der Waals surface area (Å²) < 4.78 is 0. The van der Waals surface area contributed by atoms with Crippen molar-refractivity contribution in [3.05, 3.63) is 29.3 Å². The molecule has 7 nitrogen and oxygen atoms in total. The molecule has 80 valence electrons. The molecule has 0 radical (unpaired) electrons. The van der Waals surface area contributed by atoms with Gasteiger partial charge in [-0.25, -0.2) is 11.7 Å². The number of amides is 2. The Bertz CT molecular complexity index is 405.